The zero-order valence-electron chi connectivity index (χ0n) is 18.1. The predicted molar refractivity (Wildman–Crippen MR) is 119 cm³/mol. The highest BCUT2D eigenvalue weighted by atomic mass is 16.5. The average molecular weight is 404 g/mol. The summed E-state index contributed by atoms with van der Waals surface area (Å²) in [4.78, 5) is 0. The molecule has 4 rings (SSSR count). The molecule has 0 aliphatic heterocycles. The first kappa shape index (κ1) is 20.1. The third kappa shape index (κ3) is 4.37. The van der Waals surface area contributed by atoms with Crippen molar-refractivity contribution < 1.29 is 4.74 Å². The van der Waals surface area contributed by atoms with Crippen LogP contribution in [0.2, 0.25) is 0 Å². The Kier molecular flexibility index (Phi) is 5.57. The van der Waals surface area contributed by atoms with Gasteiger partial charge >= 0.3 is 0 Å². The van der Waals surface area contributed by atoms with Gasteiger partial charge in [-0.2, -0.15) is 5.21 Å². The molecule has 0 saturated heterocycles. The molecule has 1 N–H and O–H groups in total. The number of aromatic amines is 1. The van der Waals surface area contributed by atoms with E-state index >= 15 is 0 Å². The zero-order valence-corrected chi connectivity index (χ0v) is 18.1. The van der Waals surface area contributed by atoms with E-state index in [0.29, 0.717) is 12.4 Å². The summed E-state index contributed by atoms with van der Waals surface area (Å²) in [6.45, 7) is 10.5. The molecule has 0 amide bonds. The first-order chi connectivity index (χ1) is 14.4. The Morgan fingerprint density at radius 1 is 1.03 bits per heavy atom. The molecule has 0 atom stereocenters. The number of aryl methyl sites for hydroxylation is 1. The van der Waals surface area contributed by atoms with Crippen LogP contribution in [0.15, 0.2) is 48.7 Å². The minimum Gasteiger partial charge on any atom is -0.489 e. The van der Waals surface area contributed by atoms with E-state index in [9.17, 15) is 0 Å². The molecule has 6 heteroatoms. The Morgan fingerprint density at radius 3 is 2.50 bits per heavy atom. The molecule has 2 aromatic heterocycles. The van der Waals surface area contributed by atoms with Gasteiger partial charge in [0.25, 0.3) is 0 Å². The maximum Gasteiger partial charge on any atom is 0.204 e. The van der Waals surface area contributed by atoms with Crippen molar-refractivity contribution in [3.8, 4) is 17.1 Å². The monoisotopic (exact) mass is 403 g/mol. The van der Waals surface area contributed by atoms with E-state index in [4.69, 9.17) is 4.74 Å². The summed E-state index contributed by atoms with van der Waals surface area (Å²) in [7, 11) is 0. The minimum atomic E-state index is 0.236. The number of nitrogens with one attached hydrogen (secondary N) is 1. The van der Waals surface area contributed by atoms with Crippen molar-refractivity contribution in [2.24, 2.45) is 5.41 Å². The number of rotatable bonds is 7. The van der Waals surface area contributed by atoms with Gasteiger partial charge in [0.05, 0.1) is 0 Å². The Hall–Kier alpha value is -3.15. The molecule has 0 radical (unpaired) electrons. The van der Waals surface area contributed by atoms with Crippen molar-refractivity contribution in [2.75, 3.05) is 0 Å². The first-order valence-electron chi connectivity index (χ1n) is 10.5. The van der Waals surface area contributed by atoms with Gasteiger partial charge in [0.1, 0.15) is 12.4 Å². The van der Waals surface area contributed by atoms with E-state index in [1.807, 2.05) is 24.3 Å². The van der Waals surface area contributed by atoms with Crippen LogP contribution in [0, 0.1) is 5.41 Å². The Labute approximate surface area is 177 Å². The average Bonchev–Trinajstić information content (AvgIpc) is 3.37. The molecule has 0 saturated carbocycles. The second-order valence-corrected chi connectivity index (χ2v) is 8.95. The van der Waals surface area contributed by atoms with Crippen LogP contribution in [0.1, 0.15) is 45.2 Å². The number of benzene rings is 2. The molecule has 0 unspecified atom stereocenters. The Bertz CT molecular complexity index is 1110. The maximum absolute atomic E-state index is 6.27. The summed E-state index contributed by atoms with van der Waals surface area (Å²) in [5, 5.41) is 15.4. The standard InChI is InChI=1S/C24H29N5O/c1-5-6-20-19-13-14-29(16-24(2,3)4)21(19)11-12-22(20)30-15-17-7-9-18(10-8-17)23-25-27-28-26-23/h7-14H,5-6,15-16H2,1-4H3,(H,25,26,27,28). The van der Waals surface area contributed by atoms with Crippen molar-refractivity contribution in [1.82, 2.24) is 25.2 Å². The topological polar surface area (TPSA) is 68.6 Å². The lowest BCUT2D eigenvalue weighted by Gasteiger charge is -2.20. The molecule has 0 fully saturated rings. The summed E-state index contributed by atoms with van der Waals surface area (Å²) in [5.74, 6) is 1.57. The van der Waals surface area contributed by atoms with Gasteiger partial charge in [0.15, 0.2) is 0 Å². The normalized spacial score (nSPS) is 11.9. The molecule has 6 nitrogen and oxygen atoms in total. The van der Waals surface area contributed by atoms with E-state index in [1.54, 1.807) is 0 Å². The largest absolute Gasteiger partial charge is 0.489 e. The van der Waals surface area contributed by atoms with Crippen molar-refractivity contribution in [1.29, 1.82) is 0 Å². The van der Waals surface area contributed by atoms with Crippen LogP contribution in [0.4, 0.5) is 0 Å². The molecule has 4 aromatic rings. The van der Waals surface area contributed by atoms with Gasteiger partial charge in [-0.05, 0) is 40.8 Å². The number of ether oxygens (including phenoxy) is 1. The lowest BCUT2D eigenvalue weighted by atomic mass is 9.97. The van der Waals surface area contributed by atoms with Gasteiger partial charge < -0.3 is 9.30 Å². The smallest absolute Gasteiger partial charge is 0.204 e. The summed E-state index contributed by atoms with van der Waals surface area (Å²) >= 11 is 0. The number of tetrazole rings is 1. The van der Waals surface area contributed by atoms with E-state index in [0.717, 1.165) is 36.3 Å². The van der Waals surface area contributed by atoms with Gasteiger partial charge in [-0.15, -0.1) is 10.2 Å². The highest BCUT2D eigenvalue weighted by Crippen LogP contribution is 2.32. The molecular weight excluding hydrogens is 374 g/mol. The summed E-state index contributed by atoms with van der Waals surface area (Å²) in [5.41, 5.74) is 4.85. The highest BCUT2D eigenvalue weighted by molar-refractivity contribution is 5.86. The fourth-order valence-corrected chi connectivity index (χ4v) is 3.80. The van der Waals surface area contributed by atoms with Crippen LogP contribution in [-0.4, -0.2) is 25.2 Å². The number of hydrogen-bond acceptors (Lipinski definition) is 4. The fraction of sp³-hybridized carbons (Fsp3) is 0.375. The predicted octanol–water partition coefficient (Wildman–Crippen LogP) is 5.40. The Morgan fingerprint density at radius 2 is 1.83 bits per heavy atom. The summed E-state index contributed by atoms with van der Waals surface area (Å²) in [6, 6.07) is 14.6. The SMILES string of the molecule is CCCc1c(OCc2ccc(-c3nn[nH]n3)cc2)ccc2c1ccn2CC(C)(C)C. The number of hydrogen-bond donors (Lipinski definition) is 1. The molecule has 0 aliphatic carbocycles. The maximum atomic E-state index is 6.27. The molecule has 2 heterocycles. The fourth-order valence-electron chi connectivity index (χ4n) is 3.80. The zero-order chi connectivity index (χ0) is 21.1. The van der Waals surface area contributed by atoms with Crippen LogP contribution in [0.3, 0.4) is 0 Å². The third-order valence-electron chi connectivity index (χ3n) is 5.12. The van der Waals surface area contributed by atoms with Crippen molar-refractivity contribution >= 4 is 10.9 Å². The number of nitrogens with zero attached hydrogens (tertiary/aromatic N) is 4. The van der Waals surface area contributed by atoms with Gasteiger partial charge in [0.2, 0.25) is 5.82 Å². The second kappa shape index (κ2) is 8.30. The lowest BCUT2D eigenvalue weighted by molar-refractivity contribution is 0.303. The molecular formula is C24H29N5O. The van der Waals surface area contributed by atoms with E-state index in [2.05, 4.69) is 77.3 Å². The van der Waals surface area contributed by atoms with Crippen LogP contribution in [0.5, 0.6) is 5.75 Å². The summed E-state index contributed by atoms with van der Waals surface area (Å²) < 4.78 is 8.62. The van der Waals surface area contributed by atoms with Crippen LogP contribution >= 0.6 is 0 Å². The number of fused-ring (bicyclic) bond motifs is 1. The van der Waals surface area contributed by atoms with E-state index in [-0.39, 0.29) is 5.41 Å². The van der Waals surface area contributed by atoms with E-state index < -0.39 is 0 Å². The van der Waals surface area contributed by atoms with Crippen molar-refractivity contribution in [3.63, 3.8) is 0 Å². The minimum absolute atomic E-state index is 0.236. The lowest BCUT2D eigenvalue weighted by Crippen LogP contribution is -2.14. The van der Waals surface area contributed by atoms with Gasteiger partial charge in [-0.1, -0.05) is 58.4 Å². The Balaban J connectivity index is 1.55. The second-order valence-electron chi connectivity index (χ2n) is 8.95. The molecule has 30 heavy (non-hydrogen) atoms. The molecule has 0 bridgehead atoms. The highest BCUT2D eigenvalue weighted by Gasteiger charge is 2.16. The first-order valence-corrected chi connectivity index (χ1v) is 10.5. The summed E-state index contributed by atoms with van der Waals surface area (Å²) in [6.07, 6.45) is 4.29. The van der Waals surface area contributed by atoms with Crippen LogP contribution in [-0.2, 0) is 19.6 Å². The van der Waals surface area contributed by atoms with Gasteiger partial charge in [-0.3, -0.25) is 0 Å². The van der Waals surface area contributed by atoms with Crippen molar-refractivity contribution in [2.45, 2.75) is 53.7 Å². The van der Waals surface area contributed by atoms with Gasteiger partial charge in [0, 0.05) is 34.8 Å². The van der Waals surface area contributed by atoms with Crippen LogP contribution in [0.25, 0.3) is 22.3 Å². The van der Waals surface area contributed by atoms with E-state index in [1.165, 1.54) is 16.5 Å². The molecule has 0 aliphatic rings. The number of H-pyrrole nitrogens is 1. The van der Waals surface area contributed by atoms with Gasteiger partial charge in [-0.25, -0.2) is 0 Å². The molecule has 2 aromatic carbocycles. The molecule has 156 valence electrons. The molecule has 0 spiro atoms. The quantitative estimate of drug-likeness (QED) is 0.449. The number of aromatic nitrogens is 5. The third-order valence-corrected chi connectivity index (χ3v) is 5.12. The van der Waals surface area contributed by atoms with Crippen molar-refractivity contribution in [3.05, 3.63) is 59.8 Å². The van der Waals surface area contributed by atoms with Crippen LogP contribution < -0.4 is 4.74 Å².